The van der Waals surface area contributed by atoms with E-state index in [4.69, 9.17) is 11.6 Å². The van der Waals surface area contributed by atoms with Crippen LogP contribution in [-0.2, 0) is 0 Å². The van der Waals surface area contributed by atoms with Crippen LogP contribution in [0.2, 0.25) is 0 Å². The molecule has 19 heavy (non-hydrogen) atoms. The average molecular weight is 279 g/mol. The molecule has 0 aliphatic heterocycles. The van der Waals surface area contributed by atoms with Crippen molar-refractivity contribution < 1.29 is 0 Å². The summed E-state index contributed by atoms with van der Waals surface area (Å²) in [5, 5.41) is 0.176. The molecule has 1 atom stereocenters. The maximum atomic E-state index is 6.61. The first-order chi connectivity index (χ1) is 9.26. The highest BCUT2D eigenvalue weighted by Gasteiger charge is 2.19. The maximum absolute atomic E-state index is 6.61. The molecule has 0 bridgehead atoms. The normalized spacial score (nSPS) is 18.7. The SMILES string of the molecule is CCC(CC)C(Cl)c1ccc(C2CCCCC2)cc1. The van der Waals surface area contributed by atoms with E-state index in [0.29, 0.717) is 5.92 Å². The summed E-state index contributed by atoms with van der Waals surface area (Å²) < 4.78 is 0. The van der Waals surface area contributed by atoms with Crippen molar-refractivity contribution in [3.05, 3.63) is 35.4 Å². The van der Waals surface area contributed by atoms with Gasteiger partial charge in [0.2, 0.25) is 0 Å². The standard InChI is InChI=1S/C18H27Cl/c1-3-14(4-2)18(19)17-12-10-16(11-13-17)15-8-6-5-7-9-15/h10-15,18H,3-9H2,1-2H3. The zero-order valence-corrected chi connectivity index (χ0v) is 13.1. The van der Waals surface area contributed by atoms with Gasteiger partial charge in [-0.1, -0.05) is 70.2 Å². The molecule has 0 spiro atoms. The zero-order chi connectivity index (χ0) is 13.7. The largest absolute Gasteiger partial charge is 0.118 e. The second-order valence-corrected chi connectivity index (χ2v) is 6.45. The van der Waals surface area contributed by atoms with Crippen LogP contribution < -0.4 is 0 Å². The Kier molecular flexibility index (Phi) is 5.76. The molecule has 0 heterocycles. The van der Waals surface area contributed by atoms with Crippen molar-refractivity contribution in [2.75, 3.05) is 0 Å². The van der Waals surface area contributed by atoms with E-state index < -0.39 is 0 Å². The van der Waals surface area contributed by atoms with Crippen LogP contribution in [-0.4, -0.2) is 0 Å². The molecule has 106 valence electrons. The zero-order valence-electron chi connectivity index (χ0n) is 12.4. The summed E-state index contributed by atoms with van der Waals surface area (Å²) in [4.78, 5) is 0. The lowest BCUT2D eigenvalue weighted by Gasteiger charge is -2.23. The Hall–Kier alpha value is -0.490. The van der Waals surface area contributed by atoms with Crippen molar-refractivity contribution in [3.8, 4) is 0 Å². The fraction of sp³-hybridized carbons (Fsp3) is 0.667. The lowest BCUT2D eigenvalue weighted by molar-refractivity contribution is 0.443. The first-order valence-electron chi connectivity index (χ1n) is 8.00. The topological polar surface area (TPSA) is 0 Å². The van der Waals surface area contributed by atoms with Crippen LogP contribution in [0, 0.1) is 5.92 Å². The predicted molar refractivity (Wildman–Crippen MR) is 84.9 cm³/mol. The fourth-order valence-corrected chi connectivity index (χ4v) is 3.86. The summed E-state index contributed by atoms with van der Waals surface area (Å²) in [6.45, 7) is 4.47. The lowest BCUT2D eigenvalue weighted by atomic mass is 9.83. The Morgan fingerprint density at radius 1 is 1.00 bits per heavy atom. The van der Waals surface area contributed by atoms with Crippen molar-refractivity contribution >= 4 is 11.6 Å². The van der Waals surface area contributed by atoms with E-state index in [1.165, 1.54) is 43.2 Å². The van der Waals surface area contributed by atoms with Gasteiger partial charge < -0.3 is 0 Å². The Bertz CT molecular complexity index is 358. The molecule has 0 aromatic heterocycles. The van der Waals surface area contributed by atoms with Gasteiger partial charge in [-0.05, 0) is 35.8 Å². The first kappa shape index (κ1) is 14.9. The van der Waals surface area contributed by atoms with Gasteiger partial charge in [0.05, 0.1) is 5.38 Å². The molecule has 1 aromatic rings. The van der Waals surface area contributed by atoms with Gasteiger partial charge in [-0.25, -0.2) is 0 Å². The van der Waals surface area contributed by atoms with E-state index in [0.717, 1.165) is 18.8 Å². The molecule has 0 radical (unpaired) electrons. The van der Waals surface area contributed by atoms with Crippen LogP contribution in [0.3, 0.4) is 0 Å². The molecule has 1 fully saturated rings. The lowest BCUT2D eigenvalue weighted by Crippen LogP contribution is -2.07. The van der Waals surface area contributed by atoms with Crippen molar-refractivity contribution in [1.29, 1.82) is 0 Å². The summed E-state index contributed by atoms with van der Waals surface area (Å²) >= 11 is 6.61. The van der Waals surface area contributed by atoms with Crippen LogP contribution in [0.4, 0.5) is 0 Å². The quantitative estimate of drug-likeness (QED) is 0.543. The summed E-state index contributed by atoms with van der Waals surface area (Å²) in [6, 6.07) is 9.17. The molecule has 1 aliphatic carbocycles. The minimum atomic E-state index is 0.176. The van der Waals surface area contributed by atoms with Gasteiger partial charge >= 0.3 is 0 Å². The predicted octanol–water partition coefficient (Wildman–Crippen LogP) is 6.45. The molecule has 1 heteroatoms. The van der Waals surface area contributed by atoms with Crippen molar-refractivity contribution in [1.82, 2.24) is 0 Å². The third-order valence-corrected chi connectivity index (χ3v) is 5.40. The average Bonchev–Trinajstić information content (AvgIpc) is 2.49. The molecule has 2 rings (SSSR count). The van der Waals surface area contributed by atoms with Crippen molar-refractivity contribution in [3.63, 3.8) is 0 Å². The Morgan fingerprint density at radius 3 is 2.11 bits per heavy atom. The highest BCUT2D eigenvalue weighted by atomic mass is 35.5. The molecule has 0 amide bonds. The van der Waals surface area contributed by atoms with Gasteiger partial charge in [0.1, 0.15) is 0 Å². The third-order valence-electron chi connectivity index (χ3n) is 4.79. The number of alkyl halides is 1. The first-order valence-corrected chi connectivity index (χ1v) is 8.43. The van der Waals surface area contributed by atoms with E-state index in [2.05, 4.69) is 38.1 Å². The van der Waals surface area contributed by atoms with Crippen molar-refractivity contribution in [2.45, 2.75) is 70.1 Å². The van der Waals surface area contributed by atoms with Crippen LogP contribution in [0.5, 0.6) is 0 Å². The Balaban J connectivity index is 2.04. The Morgan fingerprint density at radius 2 is 1.58 bits per heavy atom. The minimum absolute atomic E-state index is 0.176. The highest BCUT2D eigenvalue weighted by molar-refractivity contribution is 6.21. The molecule has 1 aromatic carbocycles. The van der Waals surface area contributed by atoms with E-state index in [9.17, 15) is 0 Å². The molecule has 1 saturated carbocycles. The summed E-state index contributed by atoms with van der Waals surface area (Å²) in [5.74, 6) is 1.40. The number of rotatable bonds is 5. The summed E-state index contributed by atoms with van der Waals surface area (Å²) in [5.41, 5.74) is 2.83. The van der Waals surface area contributed by atoms with Crippen LogP contribution >= 0.6 is 11.6 Å². The second kappa shape index (κ2) is 7.33. The number of hydrogen-bond donors (Lipinski definition) is 0. The van der Waals surface area contributed by atoms with E-state index in [1.54, 1.807) is 0 Å². The van der Waals surface area contributed by atoms with Gasteiger partial charge in [-0.3, -0.25) is 0 Å². The van der Waals surface area contributed by atoms with Crippen LogP contribution in [0.15, 0.2) is 24.3 Å². The number of halogens is 1. The molecule has 1 aliphatic rings. The second-order valence-electron chi connectivity index (χ2n) is 5.98. The van der Waals surface area contributed by atoms with Gasteiger partial charge in [0.15, 0.2) is 0 Å². The van der Waals surface area contributed by atoms with Gasteiger partial charge in [-0.2, -0.15) is 0 Å². The third kappa shape index (κ3) is 3.75. The molecule has 0 saturated heterocycles. The monoisotopic (exact) mass is 278 g/mol. The van der Waals surface area contributed by atoms with E-state index in [1.807, 2.05) is 0 Å². The molecule has 0 N–H and O–H groups in total. The molecular formula is C18H27Cl. The summed E-state index contributed by atoms with van der Waals surface area (Å²) in [7, 11) is 0. The maximum Gasteiger partial charge on any atom is 0.0613 e. The highest BCUT2D eigenvalue weighted by Crippen LogP contribution is 2.36. The number of benzene rings is 1. The number of hydrogen-bond acceptors (Lipinski definition) is 0. The van der Waals surface area contributed by atoms with Crippen molar-refractivity contribution in [2.24, 2.45) is 5.92 Å². The van der Waals surface area contributed by atoms with E-state index in [-0.39, 0.29) is 5.38 Å². The smallest absolute Gasteiger partial charge is 0.0613 e. The Labute approximate surface area is 123 Å². The molecular weight excluding hydrogens is 252 g/mol. The minimum Gasteiger partial charge on any atom is -0.118 e. The van der Waals surface area contributed by atoms with Gasteiger partial charge in [0.25, 0.3) is 0 Å². The summed E-state index contributed by atoms with van der Waals surface area (Å²) in [6.07, 6.45) is 9.29. The van der Waals surface area contributed by atoms with E-state index >= 15 is 0 Å². The van der Waals surface area contributed by atoms with Gasteiger partial charge in [-0.15, -0.1) is 11.6 Å². The molecule has 0 nitrogen and oxygen atoms in total. The molecule has 1 unspecified atom stereocenters. The fourth-order valence-electron chi connectivity index (χ4n) is 3.36. The van der Waals surface area contributed by atoms with Crippen LogP contribution in [0.1, 0.15) is 81.2 Å². The van der Waals surface area contributed by atoms with Gasteiger partial charge in [0, 0.05) is 0 Å². The van der Waals surface area contributed by atoms with Crippen LogP contribution in [0.25, 0.3) is 0 Å².